The first kappa shape index (κ1) is 16.1. The predicted molar refractivity (Wildman–Crippen MR) is 90.8 cm³/mol. The molecule has 25 heavy (non-hydrogen) atoms. The Morgan fingerprint density at radius 3 is 2.92 bits per heavy atom. The number of nitriles is 1. The highest BCUT2D eigenvalue weighted by atomic mass is 32.2. The zero-order valence-corrected chi connectivity index (χ0v) is 14.5. The number of hydrogen-bond acceptors (Lipinski definition) is 5. The van der Waals surface area contributed by atoms with Crippen molar-refractivity contribution in [1.82, 2.24) is 9.21 Å². The summed E-state index contributed by atoms with van der Waals surface area (Å²) in [5, 5.41) is 9.05. The molecule has 0 spiro atoms. The van der Waals surface area contributed by atoms with Crippen molar-refractivity contribution in [2.75, 3.05) is 13.2 Å². The van der Waals surface area contributed by atoms with Crippen molar-refractivity contribution < 1.29 is 13.2 Å². The van der Waals surface area contributed by atoms with Gasteiger partial charge in [0.05, 0.1) is 17.6 Å². The van der Waals surface area contributed by atoms with Crippen LogP contribution in [0.3, 0.4) is 0 Å². The molecule has 1 aromatic carbocycles. The lowest BCUT2D eigenvalue weighted by Crippen LogP contribution is -2.50. The fraction of sp³-hybridized carbons (Fsp3) is 0.471. The van der Waals surface area contributed by atoms with E-state index in [4.69, 9.17) is 5.26 Å². The smallest absolute Gasteiger partial charge is 0.340 e. The van der Waals surface area contributed by atoms with Crippen molar-refractivity contribution in [3.63, 3.8) is 0 Å². The summed E-state index contributed by atoms with van der Waals surface area (Å²) in [6, 6.07) is 7.38. The van der Waals surface area contributed by atoms with E-state index in [9.17, 15) is 13.2 Å². The summed E-state index contributed by atoms with van der Waals surface area (Å²) < 4.78 is 29.7. The molecule has 1 unspecified atom stereocenters. The first-order chi connectivity index (χ1) is 12.0. The van der Waals surface area contributed by atoms with Crippen LogP contribution in [-0.2, 0) is 21.4 Å². The lowest BCUT2D eigenvalue weighted by Gasteiger charge is -2.34. The number of amides is 1. The molecule has 130 valence electrons. The molecule has 0 N–H and O–H groups in total. The topological polar surface area (TPSA) is 93.8 Å². The lowest BCUT2D eigenvalue weighted by molar-refractivity contribution is -0.129. The number of aryl methyl sites for hydroxylation is 1. The van der Waals surface area contributed by atoms with Crippen LogP contribution >= 0.6 is 0 Å². The van der Waals surface area contributed by atoms with Crippen molar-refractivity contribution in [2.45, 2.75) is 38.0 Å². The number of benzene rings is 1. The van der Waals surface area contributed by atoms with Crippen molar-refractivity contribution >= 4 is 22.0 Å². The van der Waals surface area contributed by atoms with Gasteiger partial charge in [-0.3, -0.25) is 4.79 Å². The number of hydrogen-bond donors (Lipinski definition) is 0. The van der Waals surface area contributed by atoms with Crippen LogP contribution in [-0.4, -0.2) is 42.6 Å². The number of nitrogens with zero attached hydrogens (tertiary/aromatic N) is 4. The second-order valence-electron chi connectivity index (χ2n) is 6.65. The standard InChI is InChI=1S/C17H18N4O3S/c18-10-12-6-7-14-13(9-12)3-1-4-15(14)17(22)21-11-20-8-2-5-16(20)19-25(21,23)24/h6-7,9,15H,1-5,8,11H2. The minimum absolute atomic E-state index is 0.0577. The van der Waals surface area contributed by atoms with Crippen LogP contribution in [0, 0.1) is 11.3 Å². The third-order valence-corrected chi connectivity index (χ3v) is 6.42. The van der Waals surface area contributed by atoms with Gasteiger partial charge in [-0.2, -0.15) is 13.7 Å². The van der Waals surface area contributed by atoms with Gasteiger partial charge in [-0.1, -0.05) is 6.07 Å². The Kier molecular flexibility index (Phi) is 3.76. The molecule has 1 saturated heterocycles. The number of rotatable bonds is 1. The quantitative estimate of drug-likeness (QED) is 0.759. The Balaban J connectivity index is 1.68. The summed E-state index contributed by atoms with van der Waals surface area (Å²) in [6.45, 7) is 0.785. The Labute approximate surface area is 146 Å². The van der Waals surface area contributed by atoms with E-state index < -0.39 is 22.0 Å². The SMILES string of the molecule is N#Cc1ccc2c(c1)CCCC2C(=O)N1CN2CCCC2=NS1(=O)=O. The zero-order chi connectivity index (χ0) is 17.6. The molecule has 3 aliphatic rings. The number of carbonyl (C=O) groups excluding carboxylic acids is 1. The van der Waals surface area contributed by atoms with Crippen LogP contribution in [0.1, 0.15) is 48.3 Å². The Hall–Kier alpha value is -2.40. The van der Waals surface area contributed by atoms with Crippen LogP contribution in [0.4, 0.5) is 0 Å². The van der Waals surface area contributed by atoms with E-state index in [2.05, 4.69) is 10.5 Å². The van der Waals surface area contributed by atoms with Crippen molar-refractivity contribution in [2.24, 2.45) is 4.40 Å². The Bertz CT molecular complexity index is 916. The van der Waals surface area contributed by atoms with Crippen LogP contribution in [0.25, 0.3) is 0 Å². The molecule has 1 aromatic rings. The maximum Gasteiger partial charge on any atom is 0.350 e. The number of amidine groups is 1. The number of fused-ring (bicyclic) bond motifs is 2. The monoisotopic (exact) mass is 358 g/mol. The first-order valence-electron chi connectivity index (χ1n) is 8.43. The fourth-order valence-corrected chi connectivity index (χ4v) is 5.09. The van der Waals surface area contributed by atoms with E-state index >= 15 is 0 Å². The average molecular weight is 358 g/mol. The molecule has 2 aliphatic heterocycles. The second kappa shape index (κ2) is 5.85. The molecule has 4 rings (SSSR count). The van der Waals surface area contributed by atoms with Crippen LogP contribution < -0.4 is 0 Å². The second-order valence-corrected chi connectivity index (χ2v) is 8.17. The predicted octanol–water partition coefficient (Wildman–Crippen LogP) is 1.52. The van der Waals surface area contributed by atoms with E-state index in [1.165, 1.54) is 0 Å². The highest BCUT2D eigenvalue weighted by Crippen LogP contribution is 2.35. The average Bonchev–Trinajstić information content (AvgIpc) is 3.05. The third-order valence-electron chi connectivity index (χ3n) is 5.12. The van der Waals surface area contributed by atoms with Gasteiger partial charge in [0.1, 0.15) is 12.5 Å². The Morgan fingerprint density at radius 2 is 2.12 bits per heavy atom. The van der Waals surface area contributed by atoms with Gasteiger partial charge in [-0.15, -0.1) is 4.40 Å². The van der Waals surface area contributed by atoms with Gasteiger partial charge in [0.25, 0.3) is 0 Å². The summed E-state index contributed by atoms with van der Waals surface area (Å²) in [5.41, 5.74) is 2.36. The molecule has 0 bridgehead atoms. The summed E-state index contributed by atoms with van der Waals surface area (Å²) in [6.07, 6.45) is 3.71. The van der Waals surface area contributed by atoms with Gasteiger partial charge in [-0.25, -0.2) is 4.31 Å². The number of carbonyl (C=O) groups is 1. The molecule has 1 atom stereocenters. The van der Waals surface area contributed by atoms with Crippen molar-refractivity contribution in [1.29, 1.82) is 5.26 Å². The molecular formula is C17H18N4O3S. The molecule has 2 heterocycles. The van der Waals surface area contributed by atoms with Gasteiger partial charge >= 0.3 is 10.2 Å². The van der Waals surface area contributed by atoms with Crippen LogP contribution in [0.15, 0.2) is 22.6 Å². The molecule has 7 nitrogen and oxygen atoms in total. The van der Waals surface area contributed by atoms with E-state index in [1.807, 2.05) is 4.90 Å². The fourth-order valence-electron chi connectivity index (χ4n) is 3.88. The molecule has 1 aliphatic carbocycles. The molecular weight excluding hydrogens is 340 g/mol. The maximum atomic E-state index is 13.1. The molecule has 0 radical (unpaired) electrons. The molecule has 1 fully saturated rings. The van der Waals surface area contributed by atoms with Gasteiger partial charge in [0.2, 0.25) is 5.91 Å². The van der Waals surface area contributed by atoms with Gasteiger partial charge in [0, 0.05) is 13.0 Å². The van der Waals surface area contributed by atoms with Crippen molar-refractivity contribution in [3.8, 4) is 6.07 Å². The largest absolute Gasteiger partial charge is 0.350 e. The molecule has 1 amide bonds. The molecule has 0 saturated carbocycles. The van der Waals surface area contributed by atoms with E-state index in [0.717, 1.165) is 41.2 Å². The minimum atomic E-state index is -3.96. The highest BCUT2D eigenvalue weighted by molar-refractivity contribution is 7.88. The zero-order valence-electron chi connectivity index (χ0n) is 13.7. The summed E-state index contributed by atoms with van der Waals surface area (Å²) >= 11 is 0. The maximum absolute atomic E-state index is 13.1. The van der Waals surface area contributed by atoms with E-state index in [1.54, 1.807) is 18.2 Å². The Morgan fingerprint density at radius 1 is 1.28 bits per heavy atom. The van der Waals surface area contributed by atoms with Gasteiger partial charge in [-0.05, 0) is 48.9 Å². The first-order valence-corrected chi connectivity index (χ1v) is 9.82. The normalized spacial score (nSPS) is 24.1. The third kappa shape index (κ3) is 2.68. The molecule has 8 heteroatoms. The van der Waals surface area contributed by atoms with Crippen molar-refractivity contribution in [3.05, 3.63) is 34.9 Å². The lowest BCUT2D eigenvalue weighted by atomic mass is 9.81. The highest BCUT2D eigenvalue weighted by Gasteiger charge is 2.41. The summed E-state index contributed by atoms with van der Waals surface area (Å²) in [7, 11) is -3.96. The van der Waals surface area contributed by atoms with Crippen LogP contribution in [0.2, 0.25) is 0 Å². The van der Waals surface area contributed by atoms with E-state index in [-0.39, 0.29) is 6.67 Å². The summed E-state index contributed by atoms with van der Waals surface area (Å²) in [5.74, 6) is -0.349. The molecule has 0 aromatic heterocycles. The van der Waals surface area contributed by atoms with Gasteiger partial charge < -0.3 is 4.90 Å². The van der Waals surface area contributed by atoms with Gasteiger partial charge in [0.15, 0.2) is 0 Å². The minimum Gasteiger partial charge on any atom is -0.340 e. The summed E-state index contributed by atoms with van der Waals surface area (Å²) in [4.78, 5) is 14.9. The van der Waals surface area contributed by atoms with Crippen LogP contribution in [0.5, 0.6) is 0 Å². The van der Waals surface area contributed by atoms with E-state index in [0.29, 0.717) is 24.2 Å².